The Hall–Kier alpha value is -0.0600. The summed E-state index contributed by atoms with van der Waals surface area (Å²) in [6.07, 6.45) is 1.56. The summed E-state index contributed by atoms with van der Waals surface area (Å²) in [6.45, 7) is 0. The van der Waals surface area contributed by atoms with Crippen LogP contribution in [0.3, 0.4) is 0 Å². The Bertz CT molecular complexity index is 342. The molecule has 5 heteroatoms. The van der Waals surface area contributed by atoms with Crippen molar-refractivity contribution in [3.63, 3.8) is 0 Å². The van der Waals surface area contributed by atoms with E-state index in [4.69, 9.17) is 17.3 Å². The highest BCUT2D eigenvalue weighted by Crippen LogP contribution is 2.28. The summed E-state index contributed by atoms with van der Waals surface area (Å²) < 4.78 is 11.8. The Balaban J connectivity index is 3.33. The second kappa shape index (κ2) is 3.77. The standard InChI is InChI=1S/C7H7BrClNOS/c1-12(11)7-3-6(10)4(8)2-5(7)9/h2-3H,10H2,1H3/t12-/m0/s1. The highest BCUT2D eigenvalue weighted by molar-refractivity contribution is 9.10. The second-order valence-corrected chi connectivity index (χ2v) is 4.87. The molecule has 0 radical (unpaired) electrons. The van der Waals surface area contributed by atoms with Crippen LogP contribution in [0, 0.1) is 0 Å². The highest BCUT2D eigenvalue weighted by Gasteiger charge is 2.07. The zero-order chi connectivity index (χ0) is 9.30. The monoisotopic (exact) mass is 267 g/mol. The van der Waals surface area contributed by atoms with E-state index in [1.165, 1.54) is 0 Å². The minimum atomic E-state index is -1.09. The number of halogens is 2. The molecule has 12 heavy (non-hydrogen) atoms. The van der Waals surface area contributed by atoms with Gasteiger partial charge in [0.05, 0.1) is 20.7 Å². The SMILES string of the molecule is C[S@](=O)c1cc(N)c(Br)cc1Cl. The third kappa shape index (κ3) is 2.00. The van der Waals surface area contributed by atoms with Gasteiger partial charge < -0.3 is 5.73 Å². The van der Waals surface area contributed by atoms with E-state index in [9.17, 15) is 4.21 Å². The van der Waals surface area contributed by atoms with Crippen molar-refractivity contribution in [2.24, 2.45) is 0 Å². The predicted molar refractivity (Wildman–Crippen MR) is 55.9 cm³/mol. The van der Waals surface area contributed by atoms with Gasteiger partial charge in [-0.1, -0.05) is 11.6 Å². The van der Waals surface area contributed by atoms with Crippen LogP contribution in [0.5, 0.6) is 0 Å². The number of nitrogen functional groups attached to an aromatic ring is 1. The van der Waals surface area contributed by atoms with Gasteiger partial charge in [-0.05, 0) is 28.1 Å². The lowest BCUT2D eigenvalue weighted by atomic mass is 10.3. The molecule has 0 saturated heterocycles. The van der Waals surface area contributed by atoms with Gasteiger partial charge in [0.1, 0.15) is 0 Å². The number of rotatable bonds is 1. The van der Waals surface area contributed by atoms with Gasteiger partial charge in [0, 0.05) is 16.4 Å². The van der Waals surface area contributed by atoms with Gasteiger partial charge in [0.15, 0.2) is 0 Å². The molecule has 0 fully saturated rings. The van der Waals surface area contributed by atoms with Gasteiger partial charge in [0.2, 0.25) is 0 Å². The first-order valence-corrected chi connectivity index (χ1v) is 5.83. The van der Waals surface area contributed by atoms with E-state index in [0.29, 0.717) is 15.6 Å². The minimum Gasteiger partial charge on any atom is -0.398 e. The van der Waals surface area contributed by atoms with Crippen molar-refractivity contribution in [3.05, 3.63) is 21.6 Å². The second-order valence-electron chi connectivity index (χ2n) is 2.26. The summed E-state index contributed by atoms with van der Waals surface area (Å²) in [5.74, 6) is 0. The van der Waals surface area contributed by atoms with Crippen LogP contribution in [0.15, 0.2) is 21.5 Å². The first kappa shape index (κ1) is 10.0. The lowest BCUT2D eigenvalue weighted by Crippen LogP contribution is -1.93. The Kier molecular flexibility index (Phi) is 3.15. The average molecular weight is 269 g/mol. The first-order chi connectivity index (χ1) is 5.52. The third-order valence-electron chi connectivity index (χ3n) is 1.36. The van der Waals surface area contributed by atoms with E-state index in [1.807, 2.05) is 0 Å². The Morgan fingerprint density at radius 3 is 2.67 bits per heavy atom. The Morgan fingerprint density at radius 2 is 2.17 bits per heavy atom. The lowest BCUT2D eigenvalue weighted by Gasteiger charge is -2.03. The van der Waals surface area contributed by atoms with Crippen molar-refractivity contribution in [1.82, 2.24) is 0 Å². The van der Waals surface area contributed by atoms with E-state index in [1.54, 1.807) is 18.4 Å². The molecule has 0 saturated carbocycles. The molecular weight excluding hydrogens is 262 g/mol. The van der Waals surface area contributed by atoms with E-state index in [2.05, 4.69) is 15.9 Å². The maximum absolute atomic E-state index is 11.1. The summed E-state index contributed by atoms with van der Waals surface area (Å²) in [4.78, 5) is 0.567. The summed E-state index contributed by atoms with van der Waals surface area (Å²) in [5.41, 5.74) is 6.13. The van der Waals surface area contributed by atoms with Crippen molar-refractivity contribution in [3.8, 4) is 0 Å². The molecule has 2 nitrogen and oxygen atoms in total. The van der Waals surface area contributed by atoms with Gasteiger partial charge in [0.25, 0.3) is 0 Å². The van der Waals surface area contributed by atoms with Crippen LogP contribution in [-0.2, 0) is 10.8 Å². The lowest BCUT2D eigenvalue weighted by molar-refractivity contribution is 0.687. The van der Waals surface area contributed by atoms with Crippen molar-refractivity contribution >= 4 is 44.0 Å². The van der Waals surface area contributed by atoms with Crippen LogP contribution in [0.4, 0.5) is 5.69 Å². The fraction of sp³-hybridized carbons (Fsp3) is 0.143. The normalized spacial score (nSPS) is 12.9. The summed E-state index contributed by atoms with van der Waals surface area (Å²) in [5, 5.41) is 0.469. The molecule has 0 unspecified atom stereocenters. The molecule has 1 atom stereocenters. The number of nitrogens with two attached hydrogens (primary N) is 1. The van der Waals surface area contributed by atoms with Crippen LogP contribution in [0.25, 0.3) is 0 Å². The maximum Gasteiger partial charge on any atom is 0.0592 e. The molecule has 2 N–H and O–H groups in total. The minimum absolute atomic E-state index is 0.469. The molecule has 0 amide bonds. The van der Waals surface area contributed by atoms with E-state index >= 15 is 0 Å². The average Bonchev–Trinajstić information content (AvgIpc) is 1.96. The van der Waals surface area contributed by atoms with Crippen LogP contribution >= 0.6 is 27.5 Å². The molecule has 0 aromatic heterocycles. The third-order valence-corrected chi connectivity index (χ3v) is 3.43. The maximum atomic E-state index is 11.1. The number of benzene rings is 1. The Labute approximate surface area is 86.7 Å². The number of anilines is 1. The molecule has 1 aromatic carbocycles. The van der Waals surface area contributed by atoms with E-state index < -0.39 is 10.8 Å². The van der Waals surface area contributed by atoms with Crippen molar-refractivity contribution < 1.29 is 4.21 Å². The molecule has 0 aliphatic heterocycles. The van der Waals surface area contributed by atoms with E-state index in [-0.39, 0.29) is 0 Å². The molecule has 66 valence electrons. The highest BCUT2D eigenvalue weighted by atomic mass is 79.9. The molecule has 1 rings (SSSR count). The molecule has 0 bridgehead atoms. The largest absolute Gasteiger partial charge is 0.398 e. The van der Waals surface area contributed by atoms with Crippen molar-refractivity contribution in [2.75, 3.05) is 12.0 Å². The summed E-state index contributed by atoms with van der Waals surface area (Å²) >= 11 is 9.04. The van der Waals surface area contributed by atoms with Gasteiger partial charge in [-0.25, -0.2) is 0 Å². The molecule has 0 aliphatic rings. The van der Waals surface area contributed by atoms with Crippen molar-refractivity contribution in [1.29, 1.82) is 0 Å². The fourth-order valence-corrected chi connectivity index (χ4v) is 2.36. The van der Waals surface area contributed by atoms with Gasteiger partial charge in [-0.2, -0.15) is 0 Å². The molecular formula is C7H7BrClNOS. The van der Waals surface area contributed by atoms with Gasteiger partial charge in [-0.15, -0.1) is 0 Å². The molecule has 0 heterocycles. The topological polar surface area (TPSA) is 43.1 Å². The zero-order valence-electron chi connectivity index (χ0n) is 6.30. The smallest absolute Gasteiger partial charge is 0.0592 e. The molecule has 0 aliphatic carbocycles. The molecule has 1 aromatic rings. The summed E-state index contributed by atoms with van der Waals surface area (Å²) in [6, 6.07) is 3.26. The van der Waals surface area contributed by atoms with Crippen LogP contribution in [0.2, 0.25) is 5.02 Å². The first-order valence-electron chi connectivity index (χ1n) is 3.10. The van der Waals surface area contributed by atoms with Crippen LogP contribution < -0.4 is 5.73 Å². The Morgan fingerprint density at radius 1 is 1.58 bits per heavy atom. The quantitative estimate of drug-likeness (QED) is 0.795. The predicted octanol–water partition coefficient (Wildman–Crippen LogP) is 2.42. The molecule has 0 spiro atoms. The van der Waals surface area contributed by atoms with Crippen molar-refractivity contribution in [2.45, 2.75) is 4.90 Å². The van der Waals surface area contributed by atoms with E-state index in [0.717, 1.165) is 4.47 Å². The summed E-state index contributed by atoms with van der Waals surface area (Å²) in [7, 11) is -1.09. The van der Waals surface area contributed by atoms with Crippen LogP contribution in [-0.4, -0.2) is 10.5 Å². The van der Waals surface area contributed by atoms with Crippen LogP contribution in [0.1, 0.15) is 0 Å². The fourth-order valence-electron chi connectivity index (χ4n) is 0.765. The number of hydrogen-bond acceptors (Lipinski definition) is 2. The zero-order valence-corrected chi connectivity index (χ0v) is 9.46. The number of hydrogen-bond donors (Lipinski definition) is 1. The van der Waals surface area contributed by atoms with Gasteiger partial charge in [-0.3, -0.25) is 4.21 Å². The van der Waals surface area contributed by atoms with Gasteiger partial charge >= 0.3 is 0 Å².